The van der Waals surface area contributed by atoms with Crippen LogP contribution < -0.4 is 10.1 Å². The molecular formula is C32H34ClN5O4. The molecule has 0 aliphatic carbocycles. The number of hydrazine groups is 1. The monoisotopic (exact) mass is 587 g/mol. The Morgan fingerprint density at radius 1 is 1.02 bits per heavy atom. The van der Waals surface area contributed by atoms with E-state index in [2.05, 4.69) is 11.9 Å². The van der Waals surface area contributed by atoms with Gasteiger partial charge in [-0.05, 0) is 34.9 Å². The van der Waals surface area contributed by atoms with Crippen molar-refractivity contribution in [1.29, 1.82) is 0 Å². The van der Waals surface area contributed by atoms with Gasteiger partial charge in [-0.2, -0.15) is 0 Å². The summed E-state index contributed by atoms with van der Waals surface area (Å²) in [7, 11) is 1.60. The topological polar surface area (TPSA) is 85.4 Å². The predicted molar refractivity (Wildman–Crippen MR) is 160 cm³/mol. The zero-order chi connectivity index (χ0) is 29.6. The van der Waals surface area contributed by atoms with Gasteiger partial charge in [0.05, 0.1) is 20.2 Å². The highest BCUT2D eigenvalue weighted by molar-refractivity contribution is 6.31. The summed E-state index contributed by atoms with van der Waals surface area (Å²) in [5, 5.41) is 6.80. The molecule has 0 unspecified atom stereocenters. The van der Waals surface area contributed by atoms with Crippen molar-refractivity contribution in [2.75, 3.05) is 26.7 Å². The Bertz CT molecular complexity index is 1430. The fourth-order valence-corrected chi connectivity index (χ4v) is 5.71. The molecule has 0 saturated carbocycles. The highest BCUT2D eigenvalue weighted by atomic mass is 35.5. The van der Waals surface area contributed by atoms with Crippen molar-refractivity contribution in [3.63, 3.8) is 0 Å². The van der Waals surface area contributed by atoms with Gasteiger partial charge in [-0.15, -0.1) is 6.58 Å². The number of halogens is 1. The first-order valence-corrected chi connectivity index (χ1v) is 14.2. The van der Waals surface area contributed by atoms with Gasteiger partial charge in [0, 0.05) is 31.1 Å². The molecule has 2 fully saturated rings. The molecule has 2 atom stereocenters. The molecule has 2 aliphatic rings. The third-order valence-electron chi connectivity index (χ3n) is 7.57. The number of piperazine rings is 1. The number of benzene rings is 3. The number of ether oxygens (including phenoxy) is 1. The molecule has 4 amide bonds. The smallest absolute Gasteiger partial charge is 0.334 e. The number of hydrogen-bond donors (Lipinski definition) is 1. The molecule has 1 N–H and O–H groups in total. The van der Waals surface area contributed by atoms with Gasteiger partial charge in [-0.25, -0.2) is 14.8 Å². The average Bonchev–Trinajstić information content (AvgIpc) is 3.00. The fourth-order valence-electron chi connectivity index (χ4n) is 5.52. The van der Waals surface area contributed by atoms with E-state index in [1.54, 1.807) is 39.1 Å². The zero-order valence-corrected chi connectivity index (χ0v) is 24.2. The Balaban J connectivity index is 1.47. The van der Waals surface area contributed by atoms with Gasteiger partial charge < -0.3 is 19.9 Å². The molecule has 9 nitrogen and oxygen atoms in total. The summed E-state index contributed by atoms with van der Waals surface area (Å²) >= 11 is 6.48. The molecule has 5 rings (SSSR count). The van der Waals surface area contributed by atoms with Gasteiger partial charge in [0.1, 0.15) is 18.0 Å². The minimum atomic E-state index is -0.788. The lowest BCUT2D eigenvalue weighted by Gasteiger charge is -2.55. The minimum Gasteiger partial charge on any atom is -0.497 e. The fraction of sp³-hybridized carbons (Fsp3) is 0.281. The molecule has 10 heteroatoms. The molecule has 218 valence electrons. The Morgan fingerprint density at radius 2 is 1.74 bits per heavy atom. The molecule has 3 aromatic carbocycles. The molecule has 2 saturated heterocycles. The average molecular weight is 588 g/mol. The molecule has 3 aromatic rings. The highest BCUT2D eigenvalue weighted by Gasteiger charge is 2.51. The maximum atomic E-state index is 14.0. The van der Waals surface area contributed by atoms with Gasteiger partial charge in [-0.1, -0.05) is 78.3 Å². The number of amides is 4. The van der Waals surface area contributed by atoms with Crippen LogP contribution in [-0.2, 0) is 29.1 Å². The summed E-state index contributed by atoms with van der Waals surface area (Å²) in [6.45, 7) is 4.73. The molecular weight excluding hydrogens is 554 g/mol. The number of nitrogens with one attached hydrogen (secondary N) is 1. The summed E-state index contributed by atoms with van der Waals surface area (Å²) in [6.07, 6.45) is 1.25. The normalized spacial score (nSPS) is 19.0. The van der Waals surface area contributed by atoms with Crippen molar-refractivity contribution < 1.29 is 19.1 Å². The van der Waals surface area contributed by atoms with Gasteiger partial charge >= 0.3 is 6.03 Å². The van der Waals surface area contributed by atoms with Crippen molar-refractivity contribution in [3.8, 4) is 5.75 Å². The summed E-state index contributed by atoms with van der Waals surface area (Å²) in [4.78, 5) is 44.8. The maximum Gasteiger partial charge on any atom is 0.334 e. The van der Waals surface area contributed by atoms with E-state index < -0.39 is 12.2 Å². The Labute approximate surface area is 250 Å². The number of carbonyl (C=O) groups is 3. The van der Waals surface area contributed by atoms with Crippen LogP contribution in [0.2, 0.25) is 5.02 Å². The summed E-state index contributed by atoms with van der Waals surface area (Å²) < 4.78 is 5.23. The lowest BCUT2D eigenvalue weighted by atomic mass is 9.98. The number of nitrogens with zero attached hydrogens (tertiary/aromatic N) is 4. The van der Waals surface area contributed by atoms with Gasteiger partial charge in [0.2, 0.25) is 11.8 Å². The van der Waals surface area contributed by atoms with Crippen LogP contribution in [0.3, 0.4) is 0 Å². The van der Waals surface area contributed by atoms with Crippen LogP contribution in [0.5, 0.6) is 5.75 Å². The third-order valence-corrected chi connectivity index (χ3v) is 7.94. The van der Waals surface area contributed by atoms with E-state index in [-0.39, 0.29) is 50.6 Å². The Morgan fingerprint density at radius 3 is 2.43 bits per heavy atom. The number of rotatable bonds is 9. The maximum absolute atomic E-state index is 14.0. The van der Waals surface area contributed by atoms with Gasteiger partial charge in [-0.3, -0.25) is 9.59 Å². The SMILES string of the molecule is C=CCN1CC(=O)N2[C@@H](Cc3ccccc3)C(=O)N(Cc3ccccc3Cl)C[C@@H]2N1C(=O)NCc1ccc(OC)cc1. The lowest BCUT2D eigenvalue weighted by Crippen LogP contribution is -2.76. The summed E-state index contributed by atoms with van der Waals surface area (Å²) in [5.74, 6) is 0.328. The molecule has 2 aliphatic heterocycles. The van der Waals surface area contributed by atoms with Crippen LogP contribution in [0, 0.1) is 0 Å². The molecule has 0 bridgehead atoms. The highest BCUT2D eigenvalue weighted by Crippen LogP contribution is 2.30. The van der Waals surface area contributed by atoms with Crippen molar-refractivity contribution in [1.82, 2.24) is 25.1 Å². The first-order chi connectivity index (χ1) is 20.4. The molecule has 42 heavy (non-hydrogen) atoms. The van der Waals surface area contributed by atoms with Gasteiger partial charge in [0.15, 0.2) is 0 Å². The first kappa shape index (κ1) is 29.2. The Kier molecular flexibility index (Phi) is 9.09. The van der Waals surface area contributed by atoms with Crippen LogP contribution in [-0.4, -0.2) is 76.6 Å². The van der Waals surface area contributed by atoms with Crippen LogP contribution in [0.25, 0.3) is 0 Å². The molecule has 0 spiro atoms. The van der Waals surface area contributed by atoms with Crippen LogP contribution in [0.4, 0.5) is 4.79 Å². The number of fused-ring (bicyclic) bond motifs is 1. The van der Waals surface area contributed by atoms with Crippen LogP contribution >= 0.6 is 11.6 Å². The molecule has 0 radical (unpaired) electrons. The number of hydrogen-bond acceptors (Lipinski definition) is 5. The second-order valence-electron chi connectivity index (χ2n) is 10.3. The van der Waals surface area contributed by atoms with Crippen molar-refractivity contribution in [3.05, 3.63) is 113 Å². The van der Waals surface area contributed by atoms with Crippen LogP contribution in [0.1, 0.15) is 16.7 Å². The second-order valence-corrected chi connectivity index (χ2v) is 10.7. The number of methoxy groups -OCH3 is 1. The van der Waals surface area contributed by atoms with Gasteiger partial charge in [0.25, 0.3) is 0 Å². The quantitative estimate of drug-likeness (QED) is 0.381. The van der Waals surface area contributed by atoms with E-state index in [0.29, 0.717) is 11.4 Å². The van der Waals surface area contributed by atoms with Crippen molar-refractivity contribution >= 4 is 29.4 Å². The Hall–Kier alpha value is -4.34. The van der Waals surface area contributed by atoms with E-state index in [0.717, 1.165) is 22.4 Å². The van der Waals surface area contributed by atoms with Crippen molar-refractivity contribution in [2.45, 2.75) is 31.7 Å². The summed E-state index contributed by atoms with van der Waals surface area (Å²) in [5.41, 5.74) is 2.61. The lowest BCUT2D eigenvalue weighted by molar-refractivity contribution is -0.189. The number of carbonyl (C=O) groups excluding carboxylic acids is 3. The second kappa shape index (κ2) is 13.1. The van der Waals surface area contributed by atoms with E-state index in [4.69, 9.17) is 16.3 Å². The van der Waals surface area contributed by atoms with E-state index >= 15 is 0 Å². The van der Waals surface area contributed by atoms with E-state index in [1.165, 1.54) is 0 Å². The van der Waals surface area contributed by atoms with Crippen molar-refractivity contribution in [2.24, 2.45) is 0 Å². The molecule has 2 heterocycles. The third kappa shape index (κ3) is 6.27. The van der Waals surface area contributed by atoms with Crippen LogP contribution in [0.15, 0.2) is 91.5 Å². The largest absolute Gasteiger partial charge is 0.497 e. The molecule has 0 aromatic heterocycles. The predicted octanol–water partition coefficient (Wildman–Crippen LogP) is 4.09. The number of urea groups is 1. The van der Waals surface area contributed by atoms with E-state index in [1.807, 2.05) is 72.8 Å². The standard InChI is InChI=1S/C32H34ClN5O4/c1-3-17-36-22-30(39)37-28(18-23-9-5-4-6-10-23)31(40)35(20-25-11-7-8-12-27(25)33)21-29(37)38(36)32(41)34-19-24-13-15-26(42-2)16-14-24/h3-16,28-29H,1,17-22H2,2H3,(H,34,41)/t28-,29-/m0/s1. The zero-order valence-electron chi connectivity index (χ0n) is 23.5. The first-order valence-electron chi connectivity index (χ1n) is 13.8. The van der Waals surface area contributed by atoms with E-state index in [9.17, 15) is 14.4 Å². The minimum absolute atomic E-state index is 0.0540. The summed E-state index contributed by atoms with van der Waals surface area (Å²) in [6, 6.07) is 23.2.